The van der Waals surface area contributed by atoms with Crippen LogP contribution >= 0.6 is 23.2 Å². The molecule has 0 saturated carbocycles. The number of nitrogens with zero attached hydrogens (tertiary/aromatic N) is 1. The molecule has 2 aromatic carbocycles. The highest BCUT2D eigenvalue weighted by molar-refractivity contribution is 6.32. The van der Waals surface area contributed by atoms with Crippen LogP contribution in [0, 0.1) is 11.3 Å². The molecule has 0 atom stereocenters. The van der Waals surface area contributed by atoms with Crippen LogP contribution in [0.4, 0.5) is 0 Å². The summed E-state index contributed by atoms with van der Waals surface area (Å²) in [4.78, 5) is 11.9. The van der Waals surface area contributed by atoms with Crippen molar-refractivity contribution < 1.29 is 9.53 Å². The van der Waals surface area contributed by atoms with Crippen LogP contribution in [0.2, 0.25) is 10.0 Å². The van der Waals surface area contributed by atoms with Crippen LogP contribution in [-0.4, -0.2) is 12.4 Å². The lowest BCUT2D eigenvalue weighted by Gasteiger charge is -2.06. The van der Waals surface area contributed by atoms with Gasteiger partial charge in [-0.2, -0.15) is 5.26 Å². The molecule has 0 heterocycles. The maximum absolute atomic E-state index is 11.9. The minimum Gasteiger partial charge on any atom is -0.485 e. The molecule has 0 bridgehead atoms. The van der Waals surface area contributed by atoms with Crippen molar-refractivity contribution in [1.82, 2.24) is 0 Å². The van der Waals surface area contributed by atoms with E-state index >= 15 is 0 Å². The fourth-order valence-corrected chi connectivity index (χ4v) is 1.97. The van der Waals surface area contributed by atoms with Crippen molar-refractivity contribution in [3.63, 3.8) is 0 Å². The predicted octanol–water partition coefficient (Wildman–Crippen LogP) is 4.13. The Hall–Kier alpha value is -2.02. The average molecular weight is 306 g/mol. The largest absolute Gasteiger partial charge is 0.485 e. The number of rotatable bonds is 4. The van der Waals surface area contributed by atoms with Crippen LogP contribution in [0.25, 0.3) is 0 Å². The van der Waals surface area contributed by atoms with Gasteiger partial charge in [-0.3, -0.25) is 4.79 Å². The predicted molar refractivity (Wildman–Crippen MR) is 77.4 cm³/mol. The number of benzene rings is 2. The van der Waals surface area contributed by atoms with E-state index < -0.39 is 0 Å². The molecule has 0 aliphatic carbocycles. The van der Waals surface area contributed by atoms with Crippen molar-refractivity contribution in [2.75, 3.05) is 6.61 Å². The van der Waals surface area contributed by atoms with E-state index in [1.165, 1.54) is 6.07 Å². The lowest BCUT2D eigenvalue weighted by Crippen LogP contribution is -2.11. The van der Waals surface area contributed by atoms with E-state index in [2.05, 4.69) is 0 Å². The van der Waals surface area contributed by atoms with E-state index in [4.69, 9.17) is 33.2 Å². The normalized spacial score (nSPS) is 9.85. The molecule has 0 aliphatic heterocycles. The number of halogens is 2. The summed E-state index contributed by atoms with van der Waals surface area (Å²) in [5, 5.41) is 9.55. The quantitative estimate of drug-likeness (QED) is 0.798. The molecule has 0 amide bonds. The first kappa shape index (κ1) is 14.4. The number of ketones is 1. The van der Waals surface area contributed by atoms with Gasteiger partial charge in [0.1, 0.15) is 11.8 Å². The van der Waals surface area contributed by atoms with Crippen LogP contribution < -0.4 is 4.74 Å². The topological polar surface area (TPSA) is 50.1 Å². The molecule has 2 rings (SSSR count). The molecule has 100 valence electrons. The van der Waals surface area contributed by atoms with Crippen molar-refractivity contribution in [2.45, 2.75) is 0 Å². The van der Waals surface area contributed by atoms with E-state index in [0.29, 0.717) is 26.9 Å². The Bertz CT molecular complexity index is 693. The molecule has 20 heavy (non-hydrogen) atoms. The zero-order valence-electron chi connectivity index (χ0n) is 10.3. The van der Waals surface area contributed by atoms with Crippen molar-refractivity contribution in [1.29, 1.82) is 5.26 Å². The number of carbonyl (C=O) groups is 1. The average Bonchev–Trinajstić information content (AvgIpc) is 2.45. The first-order chi connectivity index (χ1) is 9.60. The Morgan fingerprint density at radius 2 is 2.00 bits per heavy atom. The Balaban J connectivity index is 2.04. The Labute approximate surface area is 126 Å². The van der Waals surface area contributed by atoms with E-state index in [1.807, 2.05) is 6.07 Å². The maximum Gasteiger partial charge on any atom is 0.200 e. The second kappa shape index (κ2) is 6.42. The first-order valence-corrected chi connectivity index (χ1v) is 6.47. The zero-order chi connectivity index (χ0) is 14.5. The minimum absolute atomic E-state index is 0.122. The number of Topliss-reactive ketones (excluding diaryl/α,β-unsaturated/α-hetero) is 1. The van der Waals surface area contributed by atoms with Crippen molar-refractivity contribution in [3.8, 4) is 11.8 Å². The summed E-state index contributed by atoms with van der Waals surface area (Å²) in [6, 6.07) is 13.2. The molecule has 0 N–H and O–H groups in total. The molecule has 3 nitrogen and oxygen atoms in total. The number of ether oxygens (including phenoxy) is 1. The van der Waals surface area contributed by atoms with Crippen molar-refractivity contribution in [3.05, 3.63) is 63.6 Å². The molecule has 0 spiro atoms. The van der Waals surface area contributed by atoms with Crippen LogP contribution in [0.3, 0.4) is 0 Å². The molecular formula is C15H9Cl2NO2. The lowest BCUT2D eigenvalue weighted by molar-refractivity contribution is 0.0921. The van der Waals surface area contributed by atoms with Gasteiger partial charge < -0.3 is 4.74 Å². The molecule has 2 aromatic rings. The maximum atomic E-state index is 11.9. The zero-order valence-corrected chi connectivity index (χ0v) is 11.8. The summed E-state index contributed by atoms with van der Waals surface area (Å²) in [6.45, 7) is -0.122. The number of hydrogen-bond donors (Lipinski definition) is 0. The van der Waals surface area contributed by atoms with Gasteiger partial charge in [0.2, 0.25) is 0 Å². The van der Waals surface area contributed by atoms with Gasteiger partial charge in [-0.1, -0.05) is 35.3 Å². The van der Waals surface area contributed by atoms with Gasteiger partial charge in [-0.05, 0) is 24.3 Å². The molecule has 0 aromatic heterocycles. The summed E-state index contributed by atoms with van der Waals surface area (Å²) < 4.78 is 5.36. The molecular weight excluding hydrogens is 297 g/mol. The summed E-state index contributed by atoms with van der Waals surface area (Å²) in [7, 11) is 0. The highest BCUT2D eigenvalue weighted by Crippen LogP contribution is 2.22. The molecule has 5 heteroatoms. The third kappa shape index (κ3) is 3.51. The van der Waals surface area contributed by atoms with Gasteiger partial charge in [0.25, 0.3) is 0 Å². The summed E-state index contributed by atoms with van der Waals surface area (Å²) >= 11 is 11.7. The summed E-state index contributed by atoms with van der Waals surface area (Å²) in [5.41, 5.74) is 0.845. The van der Waals surface area contributed by atoms with Crippen molar-refractivity contribution in [2.24, 2.45) is 0 Å². The highest BCUT2D eigenvalue weighted by Gasteiger charge is 2.08. The fraction of sp³-hybridized carbons (Fsp3) is 0.0667. The third-order valence-corrected chi connectivity index (χ3v) is 3.13. The highest BCUT2D eigenvalue weighted by atomic mass is 35.5. The van der Waals surface area contributed by atoms with Gasteiger partial charge >= 0.3 is 0 Å². The van der Waals surface area contributed by atoms with Gasteiger partial charge in [0, 0.05) is 16.7 Å². The van der Waals surface area contributed by atoms with E-state index in [-0.39, 0.29) is 12.4 Å². The monoisotopic (exact) mass is 305 g/mol. The summed E-state index contributed by atoms with van der Waals surface area (Å²) in [5.74, 6) is 0.248. The van der Waals surface area contributed by atoms with Gasteiger partial charge in [-0.25, -0.2) is 0 Å². The Morgan fingerprint density at radius 1 is 1.20 bits per heavy atom. The van der Waals surface area contributed by atoms with Crippen molar-refractivity contribution >= 4 is 29.0 Å². The molecule has 0 radical (unpaired) electrons. The Morgan fingerprint density at radius 3 is 2.65 bits per heavy atom. The van der Waals surface area contributed by atoms with Gasteiger partial charge in [0.15, 0.2) is 12.4 Å². The minimum atomic E-state index is -0.187. The number of carbonyl (C=O) groups excluding carboxylic acids is 1. The van der Waals surface area contributed by atoms with Crippen LogP contribution in [-0.2, 0) is 0 Å². The number of nitriles is 1. The molecule has 0 saturated heterocycles. The summed E-state index contributed by atoms with van der Waals surface area (Å²) in [6.07, 6.45) is 0. The smallest absolute Gasteiger partial charge is 0.200 e. The second-order valence-corrected chi connectivity index (χ2v) is 4.82. The fourth-order valence-electron chi connectivity index (χ4n) is 1.57. The van der Waals surface area contributed by atoms with E-state index in [9.17, 15) is 4.79 Å². The number of hydrogen-bond acceptors (Lipinski definition) is 3. The Kier molecular flexibility index (Phi) is 4.62. The third-order valence-electron chi connectivity index (χ3n) is 2.58. The van der Waals surface area contributed by atoms with Gasteiger partial charge in [0.05, 0.1) is 10.6 Å². The van der Waals surface area contributed by atoms with Crippen LogP contribution in [0.15, 0.2) is 42.5 Å². The SMILES string of the molecule is N#Cc1ccc(OCC(=O)c2cccc(Cl)c2)cc1Cl. The van der Waals surface area contributed by atoms with Crippen LogP contribution in [0.1, 0.15) is 15.9 Å². The second-order valence-electron chi connectivity index (χ2n) is 3.98. The molecule has 0 aliphatic rings. The molecule has 0 fully saturated rings. The standard InChI is InChI=1S/C15H9Cl2NO2/c16-12-3-1-2-10(6-12)15(19)9-20-13-5-4-11(8-18)14(17)7-13/h1-7H,9H2. The lowest BCUT2D eigenvalue weighted by atomic mass is 10.1. The van der Waals surface area contributed by atoms with Crippen LogP contribution in [0.5, 0.6) is 5.75 Å². The molecule has 0 unspecified atom stereocenters. The van der Waals surface area contributed by atoms with E-state index in [1.54, 1.807) is 36.4 Å². The first-order valence-electron chi connectivity index (χ1n) is 5.71. The van der Waals surface area contributed by atoms with Gasteiger partial charge in [-0.15, -0.1) is 0 Å². The van der Waals surface area contributed by atoms with E-state index in [0.717, 1.165) is 0 Å².